The van der Waals surface area contributed by atoms with E-state index in [4.69, 9.17) is 4.74 Å². The van der Waals surface area contributed by atoms with Crippen LogP contribution in [-0.4, -0.2) is 40.6 Å². The average molecular weight is 380 g/mol. The minimum absolute atomic E-state index is 0.125. The van der Waals surface area contributed by atoms with Crippen LogP contribution in [0.15, 0.2) is 30.3 Å². The van der Waals surface area contributed by atoms with Crippen LogP contribution in [0.25, 0.3) is 11.1 Å². The van der Waals surface area contributed by atoms with Gasteiger partial charge in [0.25, 0.3) is 5.91 Å². The van der Waals surface area contributed by atoms with Crippen molar-refractivity contribution in [3.8, 4) is 11.1 Å². The smallest absolute Gasteiger partial charge is 0.413 e. The SMILES string of the molecule is Cc1c(-c2ccccc2)[c]nc(NC(=O)OC(C)(C)C)c1C(=O)N1CCCC1. The summed E-state index contributed by atoms with van der Waals surface area (Å²) >= 11 is 0. The molecule has 2 aromatic rings. The number of ether oxygens (including phenoxy) is 1. The molecule has 2 amide bonds. The van der Waals surface area contributed by atoms with Gasteiger partial charge in [-0.2, -0.15) is 0 Å². The van der Waals surface area contributed by atoms with Crippen LogP contribution in [-0.2, 0) is 4.74 Å². The summed E-state index contributed by atoms with van der Waals surface area (Å²) in [5.74, 6) is 0.0584. The van der Waals surface area contributed by atoms with Gasteiger partial charge in [0, 0.05) is 18.7 Å². The fourth-order valence-electron chi connectivity index (χ4n) is 3.27. The molecule has 1 aromatic carbocycles. The number of nitrogens with one attached hydrogen (secondary N) is 1. The third-order valence-corrected chi connectivity index (χ3v) is 4.56. The molecule has 3 rings (SSSR count). The second kappa shape index (κ2) is 8.00. The van der Waals surface area contributed by atoms with Gasteiger partial charge in [-0.15, -0.1) is 0 Å². The Kier molecular flexibility index (Phi) is 5.68. The lowest BCUT2D eigenvalue weighted by molar-refractivity contribution is 0.0635. The van der Waals surface area contributed by atoms with Gasteiger partial charge in [-0.1, -0.05) is 30.3 Å². The van der Waals surface area contributed by atoms with Gasteiger partial charge in [-0.3, -0.25) is 10.1 Å². The first kappa shape index (κ1) is 19.9. The molecule has 1 fully saturated rings. The van der Waals surface area contributed by atoms with Crippen molar-refractivity contribution in [3.05, 3.63) is 47.7 Å². The number of anilines is 1. The van der Waals surface area contributed by atoms with Crippen LogP contribution in [0.5, 0.6) is 0 Å². The second-order valence-corrected chi connectivity index (χ2v) is 7.94. The van der Waals surface area contributed by atoms with E-state index in [9.17, 15) is 9.59 Å². The highest BCUT2D eigenvalue weighted by Gasteiger charge is 2.28. The van der Waals surface area contributed by atoms with Gasteiger partial charge in [-0.05, 0) is 51.7 Å². The first-order valence-electron chi connectivity index (χ1n) is 9.53. The van der Waals surface area contributed by atoms with E-state index in [-0.39, 0.29) is 11.7 Å². The van der Waals surface area contributed by atoms with Crippen LogP contribution >= 0.6 is 0 Å². The normalized spacial score (nSPS) is 14.1. The van der Waals surface area contributed by atoms with E-state index >= 15 is 0 Å². The van der Waals surface area contributed by atoms with Crippen molar-refractivity contribution in [2.75, 3.05) is 18.4 Å². The van der Waals surface area contributed by atoms with E-state index in [1.807, 2.05) is 37.3 Å². The fourth-order valence-corrected chi connectivity index (χ4v) is 3.27. The fraction of sp³-hybridized carbons (Fsp3) is 0.409. The topological polar surface area (TPSA) is 71.5 Å². The summed E-state index contributed by atoms with van der Waals surface area (Å²) in [7, 11) is 0. The van der Waals surface area contributed by atoms with Gasteiger partial charge in [0.15, 0.2) is 0 Å². The summed E-state index contributed by atoms with van der Waals surface area (Å²) in [5.41, 5.74) is 2.16. The molecule has 1 saturated heterocycles. The van der Waals surface area contributed by atoms with Gasteiger partial charge >= 0.3 is 6.09 Å². The highest BCUT2D eigenvalue weighted by molar-refractivity contribution is 6.04. The van der Waals surface area contributed by atoms with Gasteiger partial charge < -0.3 is 9.64 Å². The number of carbonyl (C=O) groups is 2. The molecule has 2 heterocycles. The van der Waals surface area contributed by atoms with Crippen molar-refractivity contribution >= 4 is 17.8 Å². The standard InChI is InChI=1S/C22H26N3O3/c1-15-17(16-10-6-5-7-11-16)14-23-19(24-21(27)28-22(2,3)4)18(15)20(26)25-12-8-9-13-25/h5-7,10-11H,8-9,12-13H2,1-4H3,(H,23,24,27). The van der Waals surface area contributed by atoms with E-state index < -0.39 is 11.7 Å². The molecule has 0 saturated carbocycles. The quantitative estimate of drug-likeness (QED) is 0.854. The van der Waals surface area contributed by atoms with E-state index in [1.165, 1.54) is 0 Å². The van der Waals surface area contributed by atoms with Crippen LogP contribution in [0.3, 0.4) is 0 Å². The van der Waals surface area contributed by atoms with Crippen LogP contribution in [0, 0.1) is 13.1 Å². The van der Waals surface area contributed by atoms with E-state index in [0.29, 0.717) is 18.7 Å². The highest BCUT2D eigenvalue weighted by atomic mass is 16.6. The van der Waals surface area contributed by atoms with Crippen LogP contribution in [0.4, 0.5) is 10.6 Å². The van der Waals surface area contributed by atoms with E-state index in [0.717, 1.165) is 29.5 Å². The summed E-state index contributed by atoms with van der Waals surface area (Å²) in [5, 5.41) is 2.64. The Morgan fingerprint density at radius 2 is 1.79 bits per heavy atom. The number of aromatic nitrogens is 1. The van der Waals surface area contributed by atoms with Gasteiger partial charge in [0.05, 0.1) is 11.8 Å². The Hall–Kier alpha value is -2.89. The van der Waals surface area contributed by atoms with Crippen molar-refractivity contribution in [2.24, 2.45) is 0 Å². The van der Waals surface area contributed by atoms with Gasteiger partial charge in [-0.25, -0.2) is 9.78 Å². The molecule has 0 bridgehead atoms. The zero-order valence-corrected chi connectivity index (χ0v) is 16.8. The number of hydrogen-bond donors (Lipinski definition) is 1. The Morgan fingerprint density at radius 3 is 2.39 bits per heavy atom. The molecule has 6 heteroatoms. The third kappa shape index (κ3) is 4.50. The molecular formula is C22H26N3O3. The molecule has 28 heavy (non-hydrogen) atoms. The molecule has 1 aromatic heterocycles. The van der Waals surface area contributed by atoms with Crippen molar-refractivity contribution in [1.29, 1.82) is 0 Å². The summed E-state index contributed by atoms with van der Waals surface area (Å²) < 4.78 is 5.33. The lowest BCUT2D eigenvalue weighted by Crippen LogP contribution is -2.32. The highest BCUT2D eigenvalue weighted by Crippen LogP contribution is 2.30. The molecule has 1 aliphatic rings. The summed E-state index contributed by atoms with van der Waals surface area (Å²) in [6.07, 6.45) is 4.31. The van der Waals surface area contributed by atoms with Crippen molar-refractivity contribution in [3.63, 3.8) is 0 Å². The lowest BCUT2D eigenvalue weighted by Gasteiger charge is -2.22. The molecule has 1 aliphatic heterocycles. The number of likely N-dealkylation sites (tertiary alicyclic amines) is 1. The maximum atomic E-state index is 13.2. The zero-order chi connectivity index (χ0) is 20.3. The molecule has 6 nitrogen and oxygen atoms in total. The predicted molar refractivity (Wildman–Crippen MR) is 108 cm³/mol. The third-order valence-electron chi connectivity index (χ3n) is 4.56. The average Bonchev–Trinajstić information content (AvgIpc) is 3.15. The minimum atomic E-state index is -0.647. The van der Waals surface area contributed by atoms with Gasteiger partial charge in [0.2, 0.25) is 0 Å². The second-order valence-electron chi connectivity index (χ2n) is 7.94. The number of pyridine rings is 1. The summed E-state index contributed by atoms with van der Waals surface area (Å²) in [4.78, 5) is 31.6. The molecule has 147 valence electrons. The molecular weight excluding hydrogens is 354 g/mol. The van der Waals surface area contributed by atoms with Crippen molar-refractivity contribution in [1.82, 2.24) is 9.88 Å². The largest absolute Gasteiger partial charge is 0.444 e. The van der Waals surface area contributed by atoms with Crippen LogP contribution in [0.1, 0.15) is 49.5 Å². The van der Waals surface area contributed by atoms with E-state index in [1.54, 1.807) is 25.7 Å². The maximum absolute atomic E-state index is 13.2. The predicted octanol–water partition coefficient (Wildman–Crippen LogP) is 4.44. The van der Waals surface area contributed by atoms with Gasteiger partial charge in [0.1, 0.15) is 11.4 Å². The summed E-state index contributed by atoms with van der Waals surface area (Å²) in [6.45, 7) is 8.64. The molecule has 0 atom stereocenters. The number of carbonyl (C=O) groups excluding carboxylic acids is 2. The van der Waals surface area contributed by atoms with Crippen LogP contribution in [0.2, 0.25) is 0 Å². The minimum Gasteiger partial charge on any atom is -0.444 e. The number of rotatable bonds is 3. The number of hydrogen-bond acceptors (Lipinski definition) is 4. The number of amides is 2. The number of benzene rings is 1. The molecule has 0 aliphatic carbocycles. The van der Waals surface area contributed by atoms with Crippen molar-refractivity contribution < 1.29 is 14.3 Å². The van der Waals surface area contributed by atoms with Crippen molar-refractivity contribution in [2.45, 2.75) is 46.1 Å². The zero-order valence-electron chi connectivity index (χ0n) is 16.8. The van der Waals surface area contributed by atoms with Crippen LogP contribution < -0.4 is 5.32 Å². The molecule has 1 N–H and O–H groups in total. The summed E-state index contributed by atoms with van der Waals surface area (Å²) in [6, 6.07) is 9.69. The maximum Gasteiger partial charge on any atom is 0.413 e. The Bertz CT molecular complexity index is 867. The lowest BCUT2D eigenvalue weighted by atomic mass is 9.98. The number of nitrogens with zero attached hydrogens (tertiary/aromatic N) is 2. The Balaban J connectivity index is 2.02. The molecule has 0 unspecified atom stereocenters. The molecule has 0 spiro atoms. The molecule has 1 radical (unpaired) electrons. The Morgan fingerprint density at radius 1 is 1.14 bits per heavy atom. The first-order valence-corrected chi connectivity index (χ1v) is 9.53. The monoisotopic (exact) mass is 380 g/mol. The van der Waals surface area contributed by atoms with E-state index in [2.05, 4.69) is 16.5 Å². The Labute approximate surface area is 165 Å². The first-order chi connectivity index (χ1) is 13.3.